The predicted octanol–water partition coefficient (Wildman–Crippen LogP) is 4.02. The van der Waals surface area contributed by atoms with Gasteiger partial charge in [-0.2, -0.15) is 0 Å². The van der Waals surface area contributed by atoms with Crippen molar-refractivity contribution in [1.29, 1.82) is 0 Å². The fourth-order valence-corrected chi connectivity index (χ4v) is 26.5. The first kappa shape index (κ1) is 20.7. The fourth-order valence-electron chi connectivity index (χ4n) is 3.00. The molecule has 0 radical (unpaired) electrons. The molecule has 134 valence electrons. The van der Waals surface area contributed by atoms with Crippen LogP contribution in [0.15, 0.2) is 36.4 Å². The van der Waals surface area contributed by atoms with Crippen molar-refractivity contribution in [2.45, 2.75) is 36.6 Å². The number of nitrogens with zero attached hydrogens (tertiary/aromatic N) is 1. The van der Waals surface area contributed by atoms with Crippen LogP contribution in [-0.2, 0) is 4.74 Å². The molecule has 0 saturated carbocycles. The molecule has 1 aromatic heterocycles. The average molecular weight is 553 g/mol. The van der Waals surface area contributed by atoms with Crippen LogP contribution in [0.3, 0.4) is 0 Å². The first-order valence-electron chi connectivity index (χ1n) is 8.84. The molecule has 0 saturated heterocycles. The summed E-state index contributed by atoms with van der Waals surface area (Å²) in [6.45, 7) is 2.23. The number of esters is 1. The first-order chi connectivity index (χ1) is 11.6. The maximum atomic E-state index is 12.7. The Labute approximate surface area is 160 Å². The van der Waals surface area contributed by atoms with Crippen LogP contribution in [0.4, 0.5) is 0 Å². The molecule has 0 atom stereocenters. The Hall–Kier alpha value is -0.563. The van der Waals surface area contributed by atoms with Gasteiger partial charge in [-0.1, -0.05) is 0 Å². The zero-order valence-corrected chi connectivity index (χ0v) is 22.1. The summed E-state index contributed by atoms with van der Waals surface area (Å²) in [5, 5.41) is 0. The molecule has 2 rings (SSSR count). The Kier molecular flexibility index (Phi) is 6.63. The van der Waals surface area contributed by atoms with Crippen molar-refractivity contribution in [3.8, 4) is 11.3 Å². The van der Waals surface area contributed by atoms with Crippen LogP contribution in [0.2, 0.25) is 29.6 Å². The number of carbonyl (C=O) groups is 1. The molecule has 0 aliphatic heterocycles. The molecule has 0 aliphatic carbocycles. The van der Waals surface area contributed by atoms with Gasteiger partial charge in [0, 0.05) is 0 Å². The molecule has 0 unspecified atom stereocenters. The molecule has 0 spiro atoms. The van der Waals surface area contributed by atoms with E-state index in [0.29, 0.717) is 12.3 Å². The maximum absolute atomic E-state index is 12.7. The van der Waals surface area contributed by atoms with Crippen molar-refractivity contribution in [3.63, 3.8) is 0 Å². The van der Waals surface area contributed by atoms with Crippen LogP contribution in [0, 0.1) is 0 Å². The molecule has 0 aliphatic rings. The number of ether oxygens (including phenoxy) is 1. The van der Waals surface area contributed by atoms with Gasteiger partial charge >= 0.3 is 161 Å². The summed E-state index contributed by atoms with van der Waals surface area (Å²) in [6, 6.07) is 12.4. The normalized spacial score (nSPS) is 12.1. The molecule has 0 N–H and O–H groups in total. The summed E-state index contributed by atoms with van der Waals surface area (Å²) in [5.74, 6) is -0.265. The number of hydrogen-bond donors (Lipinski definition) is 0. The van der Waals surface area contributed by atoms with Gasteiger partial charge in [0.15, 0.2) is 0 Å². The minimum atomic E-state index is -2.58. The molecule has 1 aromatic carbocycles. The molecule has 2 aromatic rings. The van der Waals surface area contributed by atoms with Gasteiger partial charge in [-0.25, -0.2) is 0 Å². The van der Waals surface area contributed by atoms with Crippen molar-refractivity contribution in [3.05, 3.63) is 42.1 Å². The Morgan fingerprint density at radius 2 is 1.60 bits per heavy atom. The van der Waals surface area contributed by atoms with Crippen molar-refractivity contribution in [2.75, 3.05) is 6.61 Å². The van der Waals surface area contributed by atoms with E-state index in [1.54, 1.807) is 0 Å². The Morgan fingerprint density at radius 1 is 1.00 bits per heavy atom. The summed E-state index contributed by atoms with van der Waals surface area (Å²) >= 11 is -5.03. The van der Waals surface area contributed by atoms with Gasteiger partial charge in [0.2, 0.25) is 0 Å². The number of aromatic nitrogens is 1. The molecule has 0 fully saturated rings. The van der Waals surface area contributed by atoms with Gasteiger partial charge < -0.3 is 0 Å². The summed E-state index contributed by atoms with van der Waals surface area (Å²) in [7, 11) is 0. The van der Waals surface area contributed by atoms with E-state index < -0.39 is 36.8 Å². The number of benzene rings is 1. The fraction of sp³-hybridized carbons (Fsp3) is 0.400. The zero-order chi connectivity index (χ0) is 18.8. The molecular weight excluding hydrogens is 524 g/mol. The van der Waals surface area contributed by atoms with Crippen LogP contribution in [-0.4, -0.2) is 54.3 Å². The molecule has 3 nitrogen and oxygen atoms in total. The van der Waals surface area contributed by atoms with Crippen molar-refractivity contribution in [1.82, 2.24) is 4.98 Å². The molecular formula is C20H29NO2Sn2. The van der Waals surface area contributed by atoms with E-state index in [4.69, 9.17) is 9.72 Å². The van der Waals surface area contributed by atoms with E-state index in [-0.39, 0.29) is 5.97 Å². The second kappa shape index (κ2) is 7.99. The van der Waals surface area contributed by atoms with Gasteiger partial charge in [0.1, 0.15) is 0 Å². The van der Waals surface area contributed by atoms with Crippen molar-refractivity contribution >= 4 is 49.9 Å². The van der Waals surface area contributed by atoms with Crippen LogP contribution in [0.25, 0.3) is 11.3 Å². The second-order valence-corrected chi connectivity index (χ2v) is 37.0. The third-order valence-electron chi connectivity index (χ3n) is 4.12. The SMILES string of the molecule is CCOC(=O)c1nc(-c2ccccc2)c[c]([Sn]([CH3])([CH3])[CH3])[c]1[Sn]([CH3])([CH3])[CH3]. The standard InChI is InChI=1S/C14H11NO2.6CH3.2Sn/c1-2-17-14(16)13-10-6-9-12(15-13)11-7-4-3-5-8-11;;;;;;;;/h3-5,7-9H,2H2,1H3;6*1H3;;. The van der Waals surface area contributed by atoms with Gasteiger partial charge in [0.05, 0.1) is 0 Å². The average Bonchev–Trinajstić information content (AvgIpc) is 2.53. The summed E-state index contributed by atoms with van der Waals surface area (Å²) in [4.78, 5) is 31.9. The van der Waals surface area contributed by atoms with E-state index in [1.165, 1.54) is 7.16 Å². The van der Waals surface area contributed by atoms with E-state index in [1.807, 2.05) is 25.1 Å². The number of rotatable bonds is 5. The number of hydrogen-bond acceptors (Lipinski definition) is 3. The zero-order valence-electron chi connectivity index (χ0n) is 16.4. The Morgan fingerprint density at radius 3 is 2.08 bits per heavy atom. The van der Waals surface area contributed by atoms with Crippen molar-refractivity contribution in [2.24, 2.45) is 0 Å². The number of carbonyl (C=O) groups excluding carboxylic acids is 1. The van der Waals surface area contributed by atoms with Gasteiger partial charge in [-0.15, -0.1) is 0 Å². The number of pyridine rings is 1. The van der Waals surface area contributed by atoms with Gasteiger partial charge in [0.25, 0.3) is 0 Å². The van der Waals surface area contributed by atoms with Crippen molar-refractivity contribution < 1.29 is 9.53 Å². The van der Waals surface area contributed by atoms with Crippen LogP contribution >= 0.6 is 0 Å². The minimum absolute atomic E-state index is 0.265. The molecule has 25 heavy (non-hydrogen) atoms. The quantitative estimate of drug-likeness (QED) is 0.416. The molecule has 0 amide bonds. The monoisotopic (exact) mass is 555 g/mol. The van der Waals surface area contributed by atoms with Gasteiger partial charge in [-0.05, 0) is 0 Å². The van der Waals surface area contributed by atoms with Gasteiger partial charge in [-0.3, -0.25) is 0 Å². The predicted molar refractivity (Wildman–Crippen MR) is 112 cm³/mol. The third kappa shape index (κ3) is 4.99. The summed E-state index contributed by atoms with van der Waals surface area (Å²) in [6.07, 6.45) is 0. The van der Waals surface area contributed by atoms with Crippen LogP contribution < -0.4 is 7.16 Å². The molecule has 1 heterocycles. The van der Waals surface area contributed by atoms with E-state index in [9.17, 15) is 4.79 Å². The molecule has 5 heteroatoms. The first-order valence-corrected chi connectivity index (χ1v) is 28.8. The van der Waals surface area contributed by atoms with E-state index in [0.717, 1.165) is 11.3 Å². The summed E-state index contributed by atoms with van der Waals surface area (Å²) < 4.78 is 8.09. The Balaban J connectivity index is 2.84. The second-order valence-electron chi connectivity index (χ2n) is 8.37. The Bertz CT molecular complexity index is 760. The van der Waals surface area contributed by atoms with Crippen LogP contribution in [0.1, 0.15) is 17.4 Å². The van der Waals surface area contributed by atoms with Crippen LogP contribution in [0.5, 0.6) is 0 Å². The topological polar surface area (TPSA) is 39.2 Å². The van der Waals surface area contributed by atoms with E-state index >= 15 is 0 Å². The third-order valence-corrected chi connectivity index (χ3v) is 17.6. The molecule has 0 bridgehead atoms. The summed E-state index contributed by atoms with van der Waals surface area (Å²) in [5.41, 5.74) is 2.53. The van der Waals surface area contributed by atoms with E-state index in [2.05, 4.69) is 47.8 Å².